The van der Waals surface area contributed by atoms with E-state index in [-0.39, 0.29) is 5.91 Å². The topological polar surface area (TPSA) is 79.4 Å². The number of likely N-dealkylation sites (N-methyl/N-ethyl adjacent to an activating group) is 1. The van der Waals surface area contributed by atoms with Crippen molar-refractivity contribution in [1.82, 2.24) is 19.8 Å². The number of benzene rings is 2. The highest BCUT2D eigenvalue weighted by molar-refractivity contribution is 6.51. The molecule has 5 rings (SSSR count). The Bertz CT molecular complexity index is 1410. The van der Waals surface area contributed by atoms with E-state index in [0.29, 0.717) is 28.0 Å². The fourth-order valence-corrected chi connectivity index (χ4v) is 4.42. The number of aromatic nitrogens is 2. The second-order valence-electron chi connectivity index (χ2n) is 8.18. The summed E-state index contributed by atoms with van der Waals surface area (Å²) in [4.78, 5) is 31.4. The van der Waals surface area contributed by atoms with Crippen LogP contribution in [0.5, 0.6) is 5.75 Å². The van der Waals surface area contributed by atoms with Gasteiger partial charge in [-0.2, -0.15) is 0 Å². The summed E-state index contributed by atoms with van der Waals surface area (Å²) in [5.74, 6) is -0.120. The molecule has 0 spiro atoms. The van der Waals surface area contributed by atoms with Gasteiger partial charge in [-0.15, -0.1) is 0 Å². The monoisotopic (exact) mass is 428 g/mol. The molecular formula is C25H24N4O3. The maximum absolute atomic E-state index is 13.1. The molecule has 0 fully saturated rings. The first-order valence-corrected chi connectivity index (χ1v) is 10.5. The largest absolute Gasteiger partial charge is 0.496 e. The van der Waals surface area contributed by atoms with Crippen LogP contribution < -0.4 is 10.1 Å². The third-order valence-corrected chi connectivity index (χ3v) is 5.94. The molecule has 162 valence electrons. The molecule has 2 amide bonds. The molecule has 0 radical (unpaired) electrons. The summed E-state index contributed by atoms with van der Waals surface area (Å²) in [6.07, 6.45) is 3.75. The number of methoxy groups -OCH3 is 1. The number of nitrogens with zero attached hydrogens (tertiary/aromatic N) is 2. The van der Waals surface area contributed by atoms with Crippen molar-refractivity contribution in [3.8, 4) is 5.75 Å². The lowest BCUT2D eigenvalue weighted by atomic mass is 9.95. The van der Waals surface area contributed by atoms with Gasteiger partial charge in [0, 0.05) is 52.9 Å². The van der Waals surface area contributed by atoms with Crippen LogP contribution >= 0.6 is 0 Å². The highest BCUT2D eigenvalue weighted by Gasteiger charge is 2.35. The zero-order valence-electron chi connectivity index (χ0n) is 18.2. The molecule has 0 unspecified atom stereocenters. The number of carbonyl (C=O) groups excluding carboxylic acids is 2. The number of ether oxygens (including phenoxy) is 1. The Morgan fingerprint density at radius 2 is 1.72 bits per heavy atom. The van der Waals surface area contributed by atoms with Gasteiger partial charge < -0.3 is 19.2 Å². The summed E-state index contributed by atoms with van der Waals surface area (Å²) < 4.78 is 7.77. The van der Waals surface area contributed by atoms with Gasteiger partial charge in [-0.3, -0.25) is 14.9 Å². The number of amides is 2. The lowest BCUT2D eigenvalue weighted by molar-refractivity contribution is -0.122. The molecule has 4 aromatic rings. The van der Waals surface area contributed by atoms with Crippen LogP contribution in [0.4, 0.5) is 0 Å². The van der Waals surface area contributed by atoms with Gasteiger partial charge in [0.15, 0.2) is 0 Å². The molecule has 3 heterocycles. The maximum atomic E-state index is 13.1. The Morgan fingerprint density at radius 3 is 2.47 bits per heavy atom. The number of imide groups is 1. The lowest BCUT2D eigenvalue weighted by Gasteiger charge is -2.11. The minimum absolute atomic E-state index is 0.373. The molecule has 0 saturated carbocycles. The second kappa shape index (κ2) is 7.69. The maximum Gasteiger partial charge on any atom is 0.259 e. The van der Waals surface area contributed by atoms with Crippen molar-refractivity contribution in [3.05, 3.63) is 66.0 Å². The van der Waals surface area contributed by atoms with Crippen LogP contribution in [0.3, 0.4) is 0 Å². The number of rotatable bonds is 6. The molecule has 0 saturated heterocycles. The van der Waals surface area contributed by atoms with Gasteiger partial charge >= 0.3 is 0 Å². The van der Waals surface area contributed by atoms with Gasteiger partial charge in [-0.05, 0) is 32.3 Å². The standard InChI is InChI=1S/C25H24N4O3/c1-28(2)11-12-29-14-17(21-19(29)9-6-10-20(21)32-3)23-22(24(30)27-25(23)31)16-13-26-18-8-5-4-7-15(16)18/h4-10,13-14,26H,11-12H2,1-3H3,(H,27,30,31). The summed E-state index contributed by atoms with van der Waals surface area (Å²) in [5, 5.41) is 4.23. The van der Waals surface area contributed by atoms with Gasteiger partial charge in [-0.1, -0.05) is 24.3 Å². The fraction of sp³-hybridized carbons (Fsp3) is 0.200. The smallest absolute Gasteiger partial charge is 0.259 e. The van der Waals surface area contributed by atoms with E-state index in [1.54, 1.807) is 13.3 Å². The van der Waals surface area contributed by atoms with Crippen molar-refractivity contribution in [2.75, 3.05) is 27.7 Å². The van der Waals surface area contributed by atoms with Gasteiger partial charge in [0.2, 0.25) is 0 Å². The molecule has 0 bridgehead atoms. The highest BCUT2D eigenvalue weighted by atomic mass is 16.5. The summed E-state index contributed by atoms with van der Waals surface area (Å²) in [6, 6.07) is 13.6. The van der Waals surface area contributed by atoms with Gasteiger partial charge in [0.05, 0.1) is 23.8 Å². The number of aromatic amines is 1. The zero-order valence-corrected chi connectivity index (χ0v) is 18.2. The second-order valence-corrected chi connectivity index (χ2v) is 8.18. The van der Waals surface area contributed by atoms with Gasteiger partial charge in [0.1, 0.15) is 5.75 Å². The molecule has 2 aromatic heterocycles. The van der Waals surface area contributed by atoms with E-state index in [1.165, 1.54) is 0 Å². The molecule has 32 heavy (non-hydrogen) atoms. The van der Waals surface area contributed by atoms with E-state index in [0.717, 1.165) is 34.9 Å². The average Bonchev–Trinajstić information content (AvgIpc) is 3.44. The Balaban J connectivity index is 1.81. The SMILES string of the molecule is COc1cccc2c1c(C1=C(c3c[nH]c4ccccc34)C(=O)NC1=O)cn2CCN(C)C. The highest BCUT2D eigenvalue weighted by Crippen LogP contribution is 2.41. The first-order chi connectivity index (χ1) is 15.5. The molecule has 2 N–H and O–H groups in total. The number of nitrogens with one attached hydrogen (secondary N) is 2. The summed E-state index contributed by atoms with van der Waals surface area (Å²) in [5.41, 5.74) is 4.03. The summed E-state index contributed by atoms with van der Waals surface area (Å²) >= 11 is 0. The van der Waals surface area contributed by atoms with E-state index in [4.69, 9.17) is 4.74 Å². The van der Waals surface area contributed by atoms with Crippen LogP contribution in [-0.4, -0.2) is 54.0 Å². The molecule has 2 aromatic carbocycles. The molecule has 0 aliphatic carbocycles. The van der Waals surface area contributed by atoms with Crippen molar-refractivity contribution in [2.24, 2.45) is 0 Å². The molecular weight excluding hydrogens is 404 g/mol. The Hall–Kier alpha value is -3.84. The fourth-order valence-electron chi connectivity index (χ4n) is 4.42. The van der Waals surface area contributed by atoms with E-state index >= 15 is 0 Å². The number of hydrogen-bond donors (Lipinski definition) is 2. The third kappa shape index (κ3) is 3.09. The average molecular weight is 428 g/mol. The zero-order chi connectivity index (χ0) is 22.4. The number of para-hydroxylation sites is 1. The van der Waals surface area contributed by atoms with E-state index < -0.39 is 5.91 Å². The third-order valence-electron chi connectivity index (χ3n) is 5.94. The van der Waals surface area contributed by atoms with E-state index in [2.05, 4.69) is 19.8 Å². The summed E-state index contributed by atoms with van der Waals surface area (Å²) in [6.45, 7) is 1.57. The Morgan fingerprint density at radius 1 is 0.969 bits per heavy atom. The molecule has 0 atom stereocenters. The number of H-pyrrole nitrogens is 1. The first kappa shape index (κ1) is 20.1. The number of hydrogen-bond acceptors (Lipinski definition) is 4. The predicted molar refractivity (Wildman–Crippen MR) is 125 cm³/mol. The van der Waals surface area contributed by atoms with Crippen molar-refractivity contribution in [3.63, 3.8) is 0 Å². The van der Waals surface area contributed by atoms with Crippen molar-refractivity contribution in [1.29, 1.82) is 0 Å². The molecule has 1 aliphatic rings. The minimum atomic E-state index is -0.396. The summed E-state index contributed by atoms with van der Waals surface area (Å²) in [7, 11) is 5.66. The van der Waals surface area contributed by atoms with Crippen LogP contribution in [0.2, 0.25) is 0 Å². The van der Waals surface area contributed by atoms with E-state index in [1.807, 2.05) is 62.8 Å². The van der Waals surface area contributed by atoms with E-state index in [9.17, 15) is 9.59 Å². The van der Waals surface area contributed by atoms with Crippen LogP contribution in [0, 0.1) is 0 Å². The normalized spacial score (nSPS) is 14.2. The quantitative estimate of drug-likeness (QED) is 0.462. The molecule has 7 nitrogen and oxygen atoms in total. The molecule has 7 heteroatoms. The first-order valence-electron chi connectivity index (χ1n) is 10.5. The van der Waals surface area contributed by atoms with Gasteiger partial charge in [-0.25, -0.2) is 0 Å². The Kier molecular flexibility index (Phi) is 4.83. The number of carbonyl (C=O) groups is 2. The van der Waals surface area contributed by atoms with Crippen LogP contribution in [-0.2, 0) is 16.1 Å². The minimum Gasteiger partial charge on any atom is -0.496 e. The van der Waals surface area contributed by atoms with Crippen molar-refractivity contribution in [2.45, 2.75) is 6.54 Å². The predicted octanol–water partition coefficient (Wildman–Crippen LogP) is 3.26. The Labute approximate surface area is 185 Å². The van der Waals surface area contributed by atoms with Crippen molar-refractivity contribution < 1.29 is 14.3 Å². The van der Waals surface area contributed by atoms with Crippen LogP contribution in [0.15, 0.2) is 54.9 Å². The lowest BCUT2D eigenvalue weighted by Crippen LogP contribution is -2.22. The van der Waals surface area contributed by atoms with Crippen LogP contribution in [0.1, 0.15) is 11.1 Å². The van der Waals surface area contributed by atoms with Crippen molar-refractivity contribution >= 4 is 44.8 Å². The number of fused-ring (bicyclic) bond motifs is 2. The molecule has 1 aliphatic heterocycles. The van der Waals surface area contributed by atoms with Gasteiger partial charge in [0.25, 0.3) is 11.8 Å². The van der Waals surface area contributed by atoms with Crippen LogP contribution in [0.25, 0.3) is 33.0 Å².